The lowest BCUT2D eigenvalue weighted by Crippen LogP contribution is -1.99. The molecule has 2 rings (SSSR count). The summed E-state index contributed by atoms with van der Waals surface area (Å²) >= 11 is 0. The van der Waals surface area contributed by atoms with E-state index in [-0.39, 0.29) is 12.2 Å². The van der Waals surface area contributed by atoms with E-state index in [1.54, 1.807) is 12.1 Å². The molecule has 1 aromatic heterocycles. The Kier molecular flexibility index (Phi) is 5.37. The molecule has 1 heterocycles. The largest absolute Gasteiger partial charge is 0.507 e. The molecule has 0 aliphatic rings. The summed E-state index contributed by atoms with van der Waals surface area (Å²) in [6.07, 6.45) is 5.79. The lowest BCUT2D eigenvalue weighted by Gasteiger charge is -2.02. The van der Waals surface area contributed by atoms with Gasteiger partial charge >= 0.3 is 5.97 Å². The van der Waals surface area contributed by atoms with Crippen LogP contribution in [0.3, 0.4) is 0 Å². The third-order valence-corrected chi connectivity index (χ3v) is 3.35. The number of unbranched alkanes of at least 4 members (excludes halogenated alkanes) is 3. The van der Waals surface area contributed by atoms with Gasteiger partial charge in [0.1, 0.15) is 5.75 Å². The van der Waals surface area contributed by atoms with Crippen molar-refractivity contribution >= 4 is 5.97 Å². The van der Waals surface area contributed by atoms with Gasteiger partial charge in [-0.25, -0.2) is 0 Å². The van der Waals surface area contributed by atoms with Gasteiger partial charge < -0.3 is 10.2 Å². The van der Waals surface area contributed by atoms with Crippen molar-refractivity contribution in [2.24, 2.45) is 0 Å². The Morgan fingerprint density at radius 1 is 1.10 bits per heavy atom. The molecule has 0 radical (unpaired) electrons. The number of phenols is 1. The molecule has 0 bridgehead atoms. The Morgan fingerprint density at radius 3 is 2.62 bits per heavy atom. The van der Waals surface area contributed by atoms with E-state index in [9.17, 15) is 9.90 Å². The second-order valence-corrected chi connectivity index (χ2v) is 5.04. The fraction of sp³-hybridized carbons (Fsp3) is 0.375. The fourth-order valence-corrected chi connectivity index (χ4v) is 2.22. The van der Waals surface area contributed by atoms with Crippen molar-refractivity contribution < 1.29 is 15.0 Å². The Bertz CT molecular complexity index is 593. The molecule has 2 N–H and O–H groups in total. The molecular formula is C16H20N2O3. The number of para-hydroxylation sites is 1. The van der Waals surface area contributed by atoms with E-state index in [0.29, 0.717) is 0 Å². The molecule has 112 valence electrons. The molecule has 0 fully saturated rings. The number of carboxylic acids is 1. The summed E-state index contributed by atoms with van der Waals surface area (Å²) in [6, 6.07) is 9.04. The second kappa shape index (κ2) is 7.47. The Hall–Kier alpha value is -2.30. The van der Waals surface area contributed by atoms with Crippen LogP contribution in [0.15, 0.2) is 36.5 Å². The van der Waals surface area contributed by atoms with E-state index in [1.165, 1.54) is 0 Å². The lowest BCUT2D eigenvalue weighted by molar-refractivity contribution is -0.137. The number of nitrogens with zero attached hydrogens (tertiary/aromatic N) is 2. The molecule has 0 unspecified atom stereocenters. The van der Waals surface area contributed by atoms with E-state index in [4.69, 9.17) is 5.11 Å². The minimum Gasteiger partial charge on any atom is -0.507 e. The van der Waals surface area contributed by atoms with Crippen LogP contribution >= 0.6 is 0 Å². The number of hydrogen-bond donors (Lipinski definition) is 2. The minimum absolute atomic E-state index is 0.233. The number of rotatable bonds is 8. The highest BCUT2D eigenvalue weighted by Crippen LogP contribution is 2.26. The monoisotopic (exact) mass is 288 g/mol. The predicted octanol–water partition coefficient (Wildman–Crippen LogP) is 3.29. The summed E-state index contributed by atoms with van der Waals surface area (Å²) in [7, 11) is 0. The van der Waals surface area contributed by atoms with Crippen molar-refractivity contribution in [2.75, 3.05) is 0 Å². The molecule has 0 atom stereocenters. The van der Waals surface area contributed by atoms with Crippen LogP contribution in [0.2, 0.25) is 0 Å². The van der Waals surface area contributed by atoms with E-state index >= 15 is 0 Å². The van der Waals surface area contributed by atoms with E-state index in [1.807, 2.05) is 29.1 Å². The molecule has 0 spiro atoms. The van der Waals surface area contributed by atoms with E-state index < -0.39 is 5.97 Å². The van der Waals surface area contributed by atoms with Crippen molar-refractivity contribution in [1.82, 2.24) is 9.78 Å². The maximum absolute atomic E-state index is 10.4. The van der Waals surface area contributed by atoms with Crippen LogP contribution in [-0.4, -0.2) is 26.0 Å². The van der Waals surface area contributed by atoms with Gasteiger partial charge in [-0.2, -0.15) is 5.10 Å². The quantitative estimate of drug-likeness (QED) is 0.731. The maximum Gasteiger partial charge on any atom is 0.303 e. The third kappa shape index (κ3) is 4.63. The summed E-state index contributed by atoms with van der Waals surface area (Å²) in [4.78, 5) is 10.4. The highest BCUT2D eigenvalue weighted by Gasteiger charge is 2.06. The number of phenolic OH excluding ortho intramolecular Hbond substituents is 1. The van der Waals surface area contributed by atoms with Gasteiger partial charge in [-0.1, -0.05) is 25.0 Å². The highest BCUT2D eigenvalue weighted by molar-refractivity contribution is 5.66. The van der Waals surface area contributed by atoms with E-state index in [2.05, 4.69) is 5.10 Å². The van der Waals surface area contributed by atoms with Gasteiger partial charge in [0.2, 0.25) is 0 Å². The molecule has 5 heteroatoms. The van der Waals surface area contributed by atoms with Crippen LogP contribution in [0.4, 0.5) is 0 Å². The Balaban J connectivity index is 1.79. The van der Waals surface area contributed by atoms with Crippen molar-refractivity contribution in [3.05, 3.63) is 36.5 Å². The Labute approximate surface area is 123 Å². The molecule has 0 saturated heterocycles. The standard InChI is InChI=1S/C16H20N2O3/c19-15-8-5-4-7-13(15)14-10-12-18(17-14)11-6-2-1-3-9-16(20)21/h4-5,7-8,10,12,19H,1-3,6,9,11H2,(H,20,21). The smallest absolute Gasteiger partial charge is 0.303 e. The first-order valence-corrected chi connectivity index (χ1v) is 7.20. The second-order valence-electron chi connectivity index (χ2n) is 5.04. The SMILES string of the molecule is O=C(O)CCCCCCn1ccc(-c2ccccc2O)n1. The number of aryl methyl sites for hydroxylation is 1. The maximum atomic E-state index is 10.4. The zero-order valence-corrected chi connectivity index (χ0v) is 11.9. The average molecular weight is 288 g/mol. The normalized spacial score (nSPS) is 10.7. The Morgan fingerprint density at radius 2 is 1.86 bits per heavy atom. The lowest BCUT2D eigenvalue weighted by atomic mass is 10.1. The number of aromatic nitrogens is 2. The summed E-state index contributed by atoms with van der Waals surface area (Å²) < 4.78 is 1.86. The average Bonchev–Trinajstić information content (AvgIpc) is 2.91. The van der Waals surface area contributed by atoms with Crippen LogP contribution in [0, 0.1) is 0 Å². The number of benzene rings is 1. The van der Waals surface area contributed by atoms with Crippen LogP contribution in [0.25, 0.3) is 11.3 Å². The molecular weight excluding hydrogens is 268 g/mol. The number of carbonyl (C=O) groups is 1. The number of aromatic hydroxyl groups is 1. The van der Waals surface area contributed by atoms with Gasteiger partial charge in [-0.05, 0) is 31.0 Å². The van der Waals surface area contributed by atoms with Crippen molar-refractivity contribution in [1.29, 1.82) is 0 Å². The van der Waals surface area contributed by atoms with Gasteiger partial charge in [0.25, 0.3) is 0 Å². The van der Waals surface area contributed by atoms with E-state index in [0.717, 1.165) is 43.5 Å². The molecule has 21 heavy (non-hydrogen) atoms. The summed E-state index contributed by atoms with van der Waals surface area (Å²) in [6.45, 7) is 0.806. The van der Waals surface area contributed by atoms with Crippen molar-refractivity contribution in [3.8, 4) is 17.0 Å². The topological polar surface area (TPSA) is 75.3 Å². The minimum atomic E-state index is -0.727. The number of carboxylic acid groups (broad SMARTS) is 1. The van der Waals surface area contributed by atoms with Gasteiger partial charge in [-0.15, -0.1) is 0 Å². The summed E-state index contributed by atoms with van der Waals surface area (Å²) in [5.41, 5.74) is 1.50. The first kappa shape index (κ1) is 15.1. The third-order valence-electron chi connectivity index (χ3n) is 3.35. The van der Waals surface area contributed by atoms with Crippen molar-refractivity contribution in [3.63, 3.8) is 0 Å². The molecule has 0 saturated carbocycles. The van der Waals surface area contributed by atoms with Gasteiger partial charge in [-0.3, -0.25) is 9.48 Å². The predicted molar refractivity (Wildman–Crippen MR) is 80.0 cm³/mol. The van der Waals surface area contributed by atoms with Crippen molar-refractivity contribution in [2.45, 2.75) is 38.6 Å². The molecule has 1 aromatic carbocycles. The first-order valence-electron chi connectivity index (χ1n) is 7.20. The van der Waals surface area contributed by atoms with Crippen LogP contribution in [-0.2, 0) is 11.3 Å². The molecule has 0 aliphatic heterocycles. The zero-order chi connectivity index (χ0) is 15.1. The number of hydrogen-bond acceptors (Lipinski definition) is 3. The zero-order valence-electron chi connectivity index (χ0n) is 11.9. The fourth-order valence-electron chi connectivity index (χ4n) is 2.22. The molecule has 0 amide bonds. The first-order chi connectivity index (χ1) is 10.2. The summed E-state index contributed by atoms with van der Waals surface area (Å²) in [5.74, 6) is -0.495. The van der Waals surface area contributed by atoms with Crippen LogP contribution in [0.1, 0.15) is 32.1 Å². The van der Waals surface area contributed by atoms with Gasteiger partial charge in [0, 0.05) is 24.7 Å². The van der Waals surface area contributed by atoms with Crippen LogP contribution in [0.5, 0.6) is 5.75 Å². The highest BCUT2D eigenvalue weighted by atomic mass is 16.4. The number of aliphatic carboxylic acids is 1. The molecule has 2 aromatic rings. The van der Waals surface area contributed by atoms with Gasteiger partial charge in [0.05, 0.1) is 5.69 Å². The molecule has 0 aliphatic carbocycles. The summed E-state index contributed by atoms with van der Waals surface area (Å²) in [5, 5.41) is 22.8. The van der Waals surface area contributed by atoms with Gasteiger partial charge in [0.15, 0.2) is 0 Å². The molecule has 5 nitrogen and oxygen atoms in total. The van der Waals surface area contributed by atoms with Crippen LogP contribution < -0.4 is 0 Å².